The molecule has 1 N–H and O–H groups in total. The molecule has 1 aliphatic rings. The summed E-state index contributed by atoms with van der Waals surface area (Å²) in [5.74, 6) is 1.71. The fraction of sp³-hybridized carbons (Fsp3) is 0.812. The van der Waals surface area contributed by atoms with Crippen LogP contribution in [0.2, 0.25) is 0 Å². The van der Waals surface area contributed by atoms with Crippen molar-refractivity contribution in [3.8, 4) is 0 Å². The van der Waals surface area contributed by atoms with Crippen molar-refractivity contribution >= 4 is 15.9 Å². The van der Waals surface area contributed by atoms with E-state index in [1.54, 1.807) is 0 Å². The Hall–Kier alpha value is -0.350. The van der Waals surface area contributed by atoms with Crippen LogP contribution in [0.1, 0.15) is 64.1 Å². The first-order valence-electron chi connectivity index (χ1n) is 8.09. The summed E-state index contributed by atoms with van der Waals surface area (Å²) in [5.41, 5.74) is 1.33. The molecule has 1 fully saturated rings. The highest BCUT2D eigenvalue weighted by molar-refractivity contribution is 9.10. The van der Waals surface area contributed by atoms with Gasteiger partial charge in [0.25, 0.3) is 0 Å². The maximum atomic E-state index is 4.47. The van der Waals surface area contributed by atoms with Gasteiger partial charge in [0.1, 0.15) is 0 Å². The maximum absolute atomic E-state index is 4.47. The molecule has 0 saturated heterocycles. The van der Waals surface area contributed by atoms with Crippen LogP contribution in [0.25, 0.3) is 0 Å². The molecule has 114 valence electrons. The highest BCUT2D eigenvalue weighted by Gasteiger charge is 2.30. The minimum atomic E-state index is 0.425. The fourth-order valence-electron chi connectivity index (χ4n) is 3.75. The lowest BCUT2D eigenvalue weighted by atomic mass is 9.76. The largest absolute Gasteiger partial charge is 0.311 e. The van der Waals surface area contributed by atoms with Gasteiger partial charge in [-0.25, -0.2) is 0 Å². The molecule has 1 atom stereocenters. The smallest absolute Gasteiger partial charge is 0.0698 e. The van der Waals surface area contributed by atoms with Gasteiger partial charge in [0.2, 0.25) is 0 Å². The van der Waals surface area contributed by atoms with E-state index in [1.807, 2.05) is 6.20 Å². The third-order valence-electron chi connectivity index (χ3n) is 4.80. The average molecular weight is 342 g/mol. The van der Waals surface area contributed by atoms with E-state index in [4.69, 9.17) is 0 Å². The summed E-state index contributed by atoms with van der Waals surface area (Å²) in [6.07, 6.45) is 10.2. The van der Waals surface area contributed by atoms with Gasteiger partial charge in [-0.05, 0) is 54.6 Å². The molecule has 0 bridgehead atoms. The van der Waals surface area contributed by atoms with Crippen molar-refractivity contribution in [3.05, 3.63) is 16.4 Å². The predicted molar refractivity (Wildman–Crippen MR) is 87.8 cm³/mol. The third-order valence-corrected chi connectivity index (χ3v) is 5.41. The van der Waals surface area contributed by atoms with Gasteiger partial charge in [-0.1, -0.05) is 32.6 Å². The molecular formula is C16H28BrN3. The normalized spacial score (nSPS) is 24.8. The Balaban J connectivity index is 2.07. The second-order valence-corrected chi connectivity index (χ2v) is 6.88. The number of halogens is 1. The number of nitrogens with zero attached hydrogens (tertiary/aromatic N) is 2. The molecule has 1 unspecified atom stereocenters. The summed E-state index contributed by atoms with van der Waals surface area (Å²) in [6, 6.07) is 0.425. The highest BCUT2D eigenvalue weighted by atomic mass is 79.9. The van der Waals surface area contributed by atoms with E-state index >= 15 is 0 Å². The summed E-state index contributed by atoms with van der Waals surface area (Å²) in [7, 11) is 2.09. The van der Waals surface area contributed by atoms with Gasteiger partial charge in [0.05, 0.1) is 22.4 Å². The molecule has 4 heteroatoms. The quantitative estimate of drug-likeness (QED) is 0.823. The highest BCUT2D eigenvalue weighted by Crippen LogP contribution is 2.39. The first-order valence-corrected chi connectivity index (χ1v) is 8.88. The molecule has 1 saturated carbocycles. The minimum Gasteiger partial charge on any atom is -0.311 e. The summed E-state index contributed by atoms with van der Waals surface area (Å²) in [6.45, 7) is 5.40. The van der Waals surface area contributed by atoms with Gasteiger partial charge in [0, 0.05) is 6.54 Å². The summed E-state index contributed by atoms with van der Waals surface area (Å²) in [4.78, 5) is 0. The molecule has 3 nitrogen and oxygen atoms in total. The van der Waals surface area contributed by atoms with Crippen LogP contribution in [-0.2, 0) is 6.54 Å². The Bertz CT molecular complexity index is 408. The van der Waals surface area contributed by atoms with Gasteiger partial charge >= 0.3 is 0 Å². The molecule has 1 aromatic rings. The molecular weight excluding hydrogens is 314 g/mol. The molecule has 2 rings (SSSR count). The van der Waals surface area contributed by atoms with Crippen LogP contribution in [-0.4, -0.2) is 16.8 Å². The minimum absolute atomic E-state index is 0.425. The van der Waals surface area contributed by atoms with E-state index in [0.29, 0.717) is 6.04 Å². The lowest BCUT2D eigenvalue weighted by Gasteiger charge is -2.34. The molecule has 20 heavy (non-hydrogen) atoms. The lowest BCUT2D eigenvalue weighted by Crippen LogP contribution is -2.31. The van der Waals surface area contributed by atoms with E-state index in [2.05, 4.69) is 51.9 Å². The van der Waals surface area contributed by atoms with E-state index in [1.165, 1.54) is 44.2 Å². The average Bonchev–Trinajstić information content (AvgIpc) is 2.83. The van der Waals surface area contributed by atoms with Gasteiger partial charge in [-0.2, -0.15) is 5.10 Å². The van der Waals surface area contributed by atoms with Crippen LogP contribution in [0.3, 0.4) is 0 Å². The van der Waals surface area contributed by atoms with E-state index < -0.39 is 0 Å². The number of aromatic nitrogens is 2. The number of hydrogen-bond donors (Lipinski definition) is 1. The van der Waals surface area contributed by atoms with Crippen LogP contribution in [0.5, 0.6) is 0 Å². The van der Waals surface area contributed by atoms with Crippen molar-refractivity contribution in [2.45, 2.75) is 65.0 Å². The Labute approximate surface area is 131 Å². The lowest BCUT2D eigenvalue weighted by molar-refractivity contribution is 0.213. The molecule has 0 aliphatic heterocycles. The van der Waals surface area contributed by atoms with Crippen LogP contribution in [0.4, 0.5) is 0 Å². The zero-order valence-electron chi connectivity index (χ0n) is 13.0. The molecule has 1 aliphatic carbocycles. The molecule has 0 radical (unpaired) electrons. The molecule has 0 aromatic carbocycles. The standard InChI is InChI=1S/C16H28BrN3/c1-4-6-12-7-9-13(10-8-12)15(18-3)16-14(17)11-19-20(16)5-2/h11-13,15,18H,4-10H2,1-3H3. The van der Waals surface area contributed by atoms with Crippen molar-refractivity contribution in [3.63, 3.8) is 0 Å². The van der Waals surface area contributed by atoms with Gasteiger partial charge < -0.3 is 5.32 Å². The first kappa shape index (κ1) is 16.0. The van der Waals surface area contributed by atoms with Gasteiger partial charge in [-0.15, -0.1) is 0 Å². The van der Waals surface area contributed by atoms with E-state index in [0.717, 1.165) is 22.9 Å². The molecule has 1 heterocycles. The Kier molecular flexibility index (Phi) is 6.09. The van der Waals surface area contributed by atoms with Crippen LogP contribution in [0, 0.1) is 11.8 Å². The Morgan fingerprint density at radius 1 is 1.35 bits per heavy atom. The monoisotopic (exact) mass is 341 g/mol. The van der Waals surface area contributed by atoms with E-state index in [-0.39, 0.29) is 0 Å². The number of nitrogens with one attached hydrogen (secondary N) is 1. The SMILES string of the molecule is CCCC1CCC(C(NC)c2c(Br)cnn2CC)CC1. The second-order valence-electron chi connectivity index (χ2n) is 6.03. The Morgan fingerprint density at radius 2 is 2.05 bits per heavy atom. The summed E-state index contributed by atoms with van der Waals surface area (Å²) >= 11 is 3.68. The number of rotatable bonds is 6. The molecule has 0 spiro atoms. The maximum Gasteiger partial charge on any atom is 0.0698 e. The van der Waals surface area contributed by atoms with Crippen molar-refractivity contribution in [1.29, 1.82) is 0 Å². The molecule has 1 aromatic heterocycles. The van der Waals surface area contributed by atoms with Crippen LogP contribution in [0.15, 0.2) is 10.7 Å². The number of hydrogen-bond acceptors (Lipinski definition) is 2. The fourth-order valence-corrected chi connectivity index (χ4v) is 4.29. The van der Waals surface area contributed by atoms with Gasteiger partial charge in [0.15, 0.2) is 0 Å². The number of aryl methyl sites for hydroxylation is 1. The topological polar surface area (TPSA) is 29.9 Å². The van der Waals surface area contributed by atoms with Gasteiger partial charge in [-0.3, -0.25) is 4.68 Å². The molecule has 0 amide bonds. The van der Waals surface area contributed by atoms with Crippen molar-refractivity contribution < 1.29 is 0 Å². The van der Waals surface area contributed by atoms with Crippen molar-refractivity contribution in [2.75, 3.05) is 7.05 Å². The Morgan fingerprint density at radius 3 is 2.60 bits per heavy atom. The zero-order valence-corrected chi connectivity index (χ0v) is 14.6. The summed E-state index contributed by atoms with van der Waals surface area (Å²) in [5, 5.41) is 8.02. The van der Waals surface area contributed by atoms with Crippen molar-refractivity contribution in [1.82, 2.24) is 15.1 Å². The van der Waals surface area contributed by atoms with Crippen molar-refractivity contribution in [2.24, 2.45) is 11.8 Å². The van der Waals surface area contributed by atoms with Crippen LogP contribution < -0.4 is 5.32 Å². The second kappa shape index (κ2) is 7.60. The zero-order chi connectivity index (χ0) is 14.5. The third kappa shape index (κ3) is 3.45. The predicted octanol–water partition coefficient (Wildman–Crippen LogP) is 4.53. The first-order chi connectivity index (χ1) is 9.71. The van der Waals surface area contributed by atoms with E-state index in [9.17, 15) is 0 Å². The van der Waals surface area contributed by atoms with Crippen LogP contribution >= 0.6 is 15.9 Å². The summed E-state index contributed by atoms with van der Waals surface area (Å²) < 4.78 is 3.28.